The number of morpholine rings is 1. The number of piperidine rings is 1. The van der Waals surface area contributed by atoms with E-state index in [0.717, 1.165) is 6.42 Å². The van der Waals surface area contributed by atoms with Crippen molar-refractivity contribution in [3.05, 3.63) is 24.3 Å². The van der Waals surface area contributed by atoms with Crippen LogP contribution in [-0.2, 0) is 24.3 Å². The van der Waals surface area contributed by atoms with Gasteiger partial charge in [-0.3, -0.25) is 4.79 Å². The molecule has 1 aromatic rings. The summed E-state index contributed by atoms with van der Waals surface area (Å²) in [6.07, 6.45) is 0.706. The van der Waals surface area contributed by atoms with Gasteiger partial charge in [-0.2, -0.15) is 9.57 Å². The molecule has 0 aromatic heterocycles. The van der Waals surface area contributed by atoms with Crippen LogP contribution in [0.4, 0.5) is 5.69 Å². The molecule has 0 spiro atoms. The van der Waals surface area contributed by atoms with E-state index >= 15 is 0 Å². The molecule has 1 amide bonds. The number of carbonyl (C=O) groups excluding carboxylic acids is 1. The molecule has 4 heterocycles. The number of hydrazine groups is 1. The Morgan fingerprint density at radius 2 is 1.83 bits per heavy atom. The molecule has 0 radical (unpaired) electrons. The molecule has 12 heteroatoms. The van der Waals surface area contributed by atoms with E-state index in [1.807, 2.05) is 18.9 Å². The van der Waals surface area contributed by atoms with Crippen molar-refractivity contribution in [2.75, 3.05) is 38.2 Å². The smallest absolute Gasteiger partial charge is 0.243 e. The number of benzene rings is 1. The zero-order valence-corrected chi connectivity index (χ0v) is 21.4. The van der Waals surface area contributed by atoms with Gasteiger partial charge in [0.05, 0.1) is 47.7 Å². The van der Waals surface area contributed by atoms with Gasteiger partial charge in [-0.25, -0.2) is 18.9 Å². The van der Waals surface area contributed by atoms with Crippen molar-refractivity contribution >= 4 is 21.6 Å². The molecule has 4 aliphatic rings. The minimum Gasteiger partial charge on any atom is -0.380 e. The highest BCUT2D eigenvalue weighted by Gasteiger charge is 2.51. The second-order valence-electron chi connectivity index (χ2n) is 10.1. The minimum atomic E-state index is -3.64. The maximum Gasteiger partial charge on any atom is 0.243 e. The molecule has 11 nitrogen and oxygen atoms in total. The molecule has 0 aliphatic carbocycles. The van der Waals surface area contributed by atoms with Crippen LogP contribution in [0, 0.1) is 23.2 Å². The second-order valence-corrected chi connectivity index (χ2v) is 12.0. The predicted octanol–water partition coefficient (Wildman–Crippen LogP) is 0.476. The first-order chi connectivity index (χ1) is 17.3. The van der Waals surface area contributed by atoms with Crippen molar-refractivity contribution in [2.45, 2.75) is 62.0 Å². The van der Waals surface area contributed by atoms with Crippen molar-refractivity contribution in [2.24, 2.45) is 11.8 Å². The number of nitrogens with one attached hydrogen (secondary N) is 3. The van der Waals surface area contributed by atoms with Gasteiger partial charge in [0.2, 0.25) is 15.9 Å². The maximum absolute atomic E-state index is 13.2. The van der Waals surface area contributed by atoms with E-state index in [1.54, 1.807) is 24.3 Å². The zero-order valence-electron chi connectivity index (χ0n) is 20.6. The quantitative estimate of drug-likeness (QED) is 0.508. The minimum absolute atomic E-state index is 0.0428. The van der Waals surface area contributed by atoms with Crippen LogP contribution in [0.5, 0.6) is 0 Å². The lowest BCUT2D eigenvalue weighted by Crippen LogP contribution is -2.56. The number of hydrogen-bond donors (Lipinski definition) is 3. The first-order valence-corrected chi connectivity index (χ1v) is 14.0. The highest BCUT2D eigenvalue weighted by molar-refractivity contribution is 7.89. The van der Waals surface area contributed by atoms with E-state index in [1.165, 1.54) is 4.31 Å². The molecule has 3 N–H and O–H groups in total. The molecule has 5 rings (SSSR count). The fourth-order valence-corrected chi connectivity index (χ4v) is 7.42. The summed E-state index contributed by atoms with van der Waals surface area (Å²) in [4.78, 5) is 13.1. The van der Waals surface area contributed by atoms with Crippen LogP contribution in [0.2, 0.25) is 0 Å². The van der Waals surface area contributed by atoms with Gasteiger partial charge in [-0.1, -0.05) is 0 Å². The summed E-state index contributed by atoms with van der Waals surface area (Å²) in [5.74, 6) is -0.579. The Kier molecular flexibility index (Phi) is 7.22. The SMILES string of the molecule is C[C@@H]1CN(S(=O)(=O)c2ccc(NC3NN([C@H]4COCC[C@@H]4C#N)C4CCNC(=O)C34)cc2)C[C@H](C)O1. The van der Waals surface area contributed by atoms with Crippen LogP contribution in [0.3, 0.4) is 0 Å². The van der Waals surface area contributed by atoms with E-state index in [0.29, 0.717) is 45.0 Å². The zero-order chi connectivity index (χ0) is 25.4. The Labute approximate surface area is 212 Å². The Morgan fingerprint density at radius 1 is 1.11 bits per heavy atom. The Balaban J connectivity index is 1.32. The summed E-state index contributed by atoms with van der Waals surface area (Å²) in [6.45, 7) is 5.97. The first kappa shape index (κ1) is 25.4. The number of nitrogens with zero attached hydrogens (tertiary/aromatic N) is 3. The van der Waals surface area contributed by atoms with Crippen molar-refractivity contribution in [3.63, 3.8) is 0 Å². The number of sulfonamides is 1. The van der Waals surface area contributed by atoms with E-state index in [-0.39, 0.29) is 46.9 Å². The van der Waals surface area contributed by atoms with Gasteiger partial charge in [-0.15, -0.1) is 0 Å². The van der Waals surface area contributed by atoms with Crippen LogP contribution in [-0.4, -0.2) is 86.9 Å². The third kappa shape index (κ3) is 4.83. The lowest BCUT2D eigenvalue weighted by Gasteiger charge is -2.39. The molecule has 7 atom stereocenters. The number of anilines is 1. The summed E-state index contributed by atoms with van der Waals surface area (Å²) >= 11 is 0. The second kappa shape index (κ2) is 10.2. The Hall–Kier alpha value is -2.27. The summed E-state index contributed by atoms with van der Waals surface area (Å²) in [5, 5.41) is 18.1. The lowest BCUT2D eigenvalue weighted by molar-refractivity contribution is -0.128. The number of ether oxygens (including phenoxy) is 2. The fourth-order valence-electron chi connectivity index (χ4n) is 5.83. The molecule has 4 fully saturated rings. The van der Waals surface area contributed by atoms with Crippen molar-refractivity contribution in [1.29, 1.82) is 5.26 Å². The van der Waals surface area contributed by atoms with E-state index in [9.17, 15) is 18.5 Å². The van der Waals surface area contributed by atoms with Crippen LogP contribution < -0.4 is 16.1 Å². The maximum atomic E-state index is 13.2. The molecule has 36 heavy (non-hydrogen) atoms. The van der Waals surface area contributed by atoms with Crippen molar-refractivity contribution in [1.82, 2.24) is 20.1 Å². The van der Waals surface area contributed by atoms with Crippen LogP contribution in [0.25, 0.3) is 0 Å². The van der Waals surface area contributed by atoms with Gasteiger partial charge < -0.3 is 20.1 Å². The van der Waals surface area contributed by atoms with E-state index < -0.39 is 16.2 Å². The molecule has 4 saturated heterocycles. The Morgan fingerprint density at radius 3 is 2.53 bits per heavy atom. The summed E-state index contributed by atoms with van der Waals surface area (Å²) < 4.78 is 39.2. The third-order valence-corrected chi connectivity index (χ3v) is 9.36. The number of fused-ring (bicyclic) bond motifs is 1. The predicted molar refractivity (Wildman–Crippen MR) is 131 cm³/mol. The van der Waals surface area contributed by atoms with Crippen LogP contribution >= 0.6 is 0 Å². The topological polar surface area (TPSA) is 136 Å². The van der Waals surface area contributed by atoms with Crippen molar-refractivity contribution < 1.29 is 22.7 Å². The summed E-state index contributed by atoms with van der Waals surface area (Å²) in [6, 6.07) is 8.83. The average molecular weight is 519 g/mol. The van der Waals surface area contributed by atoms with Gasteiger partial charge in [0.25, 0.3) is 0 Å². The third-order valence-electron chi connectivity index (χ3n) is 7.51. The molecule has 3 unspecified atom stereocenters. The van der Waals surface area contributed by atoms with Crippen LogP contribution in [0.15, 0.2) is 29.2 Å². The van der Waals surface area contributed by atoms with Gasteiger partial charge in [0.15, 0.2) is 0 Å². The lowest BCUT2D eigenvalue weighted by atomic mass is 9.88. The highest BCUT2D eigenvalue weighted by Crippen LogP contribution is 2.34. The molecular weight excluding hydrogens is 484 g/mol. The number of amides is 1. The van der Waals surface area contributed by atoms with Gasteiger partial charge >= 0.3 is 0 Å². The van der Waals surface area contributed by atoms with E-state index in [4.69, 9.17) is 9.47 Å². The molecule has 196 valence electrons. The largest absolute Gasteiger partial charge is 0.380 e. The van der Waals surface area contributed by atoms with Crippen LogP contribution in [0.1, 0.15) is 26.7 Å². The average Bonchev–Trinajstić information content (AvgIpc) is 3.23. The standard InChI is InChI=1S/C24H34N6O5S/c1-15-12-29(13-16(2)35-15)36(32,33)19-5-3-18(4-6-19)27-23-22-20(7-9-26-24(22)31)30(28-23)21-14-34-10-8-17(21)11-25/h3-6,15-17,20-23,27-28H,7-10,12-14H2,1-2H3,(H,26,31)/t15-,16+,17-,20?,21+,22?,23?/m1/s1. The highest BCUT2D eigenvalue weighted by atomic mass is 32.2. The van der Waals surface area contributed by atoms with E-state index in [2.05, 4.69) is 22.1 Å². The van der Waals surface area contributed by atoms with Gasteiger partial charge in [0, 0.05) is 38.0 Å². The first-order valence-electron chi connectivity index (χ1n) is 12.6. The monoisotopic (exact) mass is 518 g/mol. The number of hydrogen-bond acceptors (Lipinski definition) is 9. The normalized spacial score (nSPS) is 36.0. The molecule has 0 saturated carbocycles. The van der Waals surface area contributed by atoms with Gasteiger partial charge in [0.1, 0.15) is 6.17 Å². The number of nitriles is 1. The molecule has 4 aliphatic heterocycles. The molecule has 0 bridgehead atoms. The Bertz CT molecular complexity index is 1100. The fraction of sp³-hybridized carbons (Fsp3) is 0.667. The number of carbonyl (C=O) groups is 1. The number of rotatable bonds is 5. The molecule has 1 aromatic carbocycles. The summed E-state index contributed by atoms with van der Waals surface area (Å²) in [7, 11) is -3.64. The van der Waals surface area contributed by atoms with Gasteiger partial charge in [-0.05, 0) is 51.0 Å². The summed E-state index contributed by atoms with van der Waals surface area (Å²) in [5.41, 5.74) is 4.14. The molecular formula is C24H34N6O5S. The van der Waals surface area contributed by atoms with Crippen molar-refractivity contribution in [3.8, 4) is 6.07 Å².